The van der Waals surface area contributed by atoms with E-state index in [4.69, 9.17) is 26.8 Å². The quantitative estimate of drug-likeness (QED) is 0.515. The maximum absolute atomic E-state index is 14.2. The lowest BCUT2D eigenvalue weighted by Crippen LogP contribution is -2.20. The SMILES string of the molecule is CC(Oc1nsc(NC(=O)Oc2ccccc2)c1C(N)=O)c1c(F)ccc(Cl)c1F. The Labute approximate surface area is 178 Å². The molecule has 1 unspecified atom stereocenters. The first kappa shape index (κ1) is 21.5. The molecule has 3 N–H and O–H groups in total. The number of carbonyl (C=O) groups excluding carboxylic acids is 2. The van der Waals surface area contributed by atoms with Gasteiger partial charge in [0.2, 0.25) is 5.88 Å². The van der Waals surface area contributed by atoms with Crippen molar-refractivity contribution < 1.29 is 27.8 Å². The Kier molecular flexibility index (Phi) is 6.48. The lowest BCUT2D eigenvalue weighted by atomic mass is 10.1. The molecule has 11 heteroatoms. The third kappa shape index (κ3) is 4.66. The summed E-state index contributed by atoms with van der Waals surface area (Å²) in [6.45, 7) is 1.35. The molecule has 0 spiro atoms. The Morgan fingerprint density at radius 2 is 1.90 bits per heavy atom. The Bertz CT molecular complexity index is 1090. The molecule has 0 aliphatic heterocycles. The molecule has 0 saturated heterocycles. The van der Waals surface area contributed by atoms with Crippen LogP contribution in [0, 0.1) is 11.6 Å². The number of ether oxygens (including phenoxy) is 2. The van der Waals surface area contributed by atoms with E-state index in [1.165, 1.54) is 6.92 Å². The fraction of sp³-hybridized carbons (Fsp3) is 0.105. The van der Waals surface area contributed by atoms with E-state index >= 15 is 0 Å². The van der Waals surface area contributed by atoms with Crippen molar-refractivity contribution in [2.75, 3.05) is 5.32 Å². The van der Waals surface area contributed by atoms with Gasteiger partial charge in [0.1, 0.15) is 28.2 Å². The number of amides is 2. The van der Waals surface area contributed by atoms with Crippen molar-refractivity contribution >= 4 is 40.1 Å². The summed E-state index contributed by atoms with van der Waals surface area (Å²) < 4.78 is 42.7. The van der Waals surface area contributed by atoms with Crippen molar-refractivity contribution in [2.24, 2.45) is 5.73 Å². The predicted molar refractivity (Wildman–Crippen MR) is 107 cm³/mol. The molecule has 2 aromatic carbocycles. The summed E-state index contributed by atoms with van der Waals surface area (Å²) in [6, 6.07) is 10.3. The van der Waals surface area contributed by atoms with Gasteiger partial charge in [-0.2, -0.15) is 4.37 Å². The highest BCUT2D eigenvalue weighted by Gasteiger charge is 2.27. The minimum atomic E-state index is -1.20. The number of hydrogen-bond acceptors (Lipinski definition) is 6. The van der Waals surface area contributed by atoms with E-state index in [0.717, 1.165) is 12.1 Å². The van der Waals surface area contributed by atoms with Gasteiger partial charge in [-0.15, -0.1) is 0 Å². The third-order valence-corrected chi connectivity index (χ3v) is 4.89. The number of hydrogen-bond donors (Lipinski definition) is 2. The molecule has 7 nitrogen and oxygen atoms in total. The molecule has 0 aliphatic rings. The van der Waals surface area contributed by atoms with E-state index in [-0.39, 0.29) is 27.2 Å². The van der Waals surface area contributed by atoms with Crippen LogP contribution in [0.5, 0.6) is 11.6 Å². The number of halogens is 3. The van der Waals surface area contributed by atoms with Gasteiger partial charge in [-0.25, -0.2) is 13.6 Å². The number of nitrogens with two attached hydrogens (primary N) is 1. The molecule has 1 atom stereocenters. The second-order valence-electron chi connectivity index (χ2n) is 5.90. The van der Waals surface area contributed by atoms with Gasteiger partial charge in [0.25, 0.3) is 5.91 Å². The first-order chi connectivity index (χ1) is 14.3. The topological polar surface area (TPSA) is 104 Å². The molecule has 2 amide bonds. The van der Waals surface area contributed by atoms with Crippen LogP contribution in [0.3, 0.4) is 0 Å². The average molecular weight is 454 g/mol. The van der Waals surface area contributed by atoms with Crippen molar-refractivity contribution in [3.8, 4) is 11.6 Å². The van der Waals surface area contributed by atoms with Crippen LogP contribution in [0.15, 0.2) is 42.5 Å². The fourth-order valence-electron chi connectivity index (χ4n) is 2.51. The number of aromatic nitrogens is 1. The van der Waals surface area contributed by atoms with Gasteiger partial charge in [0.05, 0.1) is 10.6 Å². The van der Waals surface area contributed by atoms with E-state index in [0.29, 0.717) is 11.5 Å². The zero-order valence-corrected chi connectivity index (χ0v) is 16.9. The first-order valence-electron chi connectivity index (χ1n) is 8.41. The lowest BCUT2D eigenvalue weighted by Gasteiger charge is -2.16. The molecular formula is C19H14ClF2N3O4S. The second kappa shape index (κ2) is 9.06. The van der Waals surface area contributed by atoms with Crippen molar-refractivity contribution in [2.45, 2.75) is 13.0 Å². The number of primary amides is 1. The summed E-state index contributed by atoms with van der Waals surface area (Å²) in [7, 11) is 0. The van der Waals surface area contributed by atoms with E-state index in [9.17, 15) is 18.4 Å². The van der Waals surface area contributed by atoms with Crippen LogP contribution in [-0.4, -0.2) is 16.4 Å². The highest BCUT2D eigenvalue weighted by atomic mass is 35.5. The van der Waals surface area contributed by atoms with Crippen LogP contribution in [0.4, 0.5) is 18.6 Å². The highest BCUT2D eigenvalue weighted by Crippen LogP contribution is 2.35. The molecular weight excluding hydrogens is 440 g/mol. The molecule has 0 radical (unpaired) electrons. The second-order valence-corrected chi connectivity index (χ2v) is 7.08. The number of carbonyl (C=O) groups is 2. The van der Waals surface area contributed by atoms with Crippen molar-refractivity contribution in [1.29, 1.82) is 0 Å². The fourth-order valence-corrected chi connectivity index (χ4v) is 3.40. The molecule has 0 saturated carbocycles. The van der Waals surface area contributed by atoms with E-state index in [2.05, 4.69) is 9.69 Å². The third-order valence-electron chi connectivity index (χ3n) is 3.85. The van der Waals surface area contributed by atoms with Gasteiger partial charge in [0.15, 0.2) is 5.82 Å². The molecule has 0 fully saturated rings. The Hall–Kier alpha value is -3.24. The Balaban J connectivity index is 1.82. The summed E-state index contributed by atoms with van der Waals surface area (Å²) in [5.74, 6) is -2.87. The summed E-state index contributed by atoms with van der Waals surface area (Å²) in [5.41, 5.74) is 4.67. The van der Waals surface area contributed by atoms with E-state index in [1.807, 2.05) is 0 Å². The zero-order chi connectivity index (χ0) is 21.8. The minimum absolute atomic E-state index is 0.0438. The van der Waals surface area contributed by atoms with Crippen LogP contribution >= 0.6 is 23.1 Å². The minimum Gasteiger partial charge on any atom is -0.468 e. The normalized spacial score (nSPS) is 11.6. The summed E-state index contributed by atoms with van der Waals surface area (Å²) in [5, 5.41) is 2.02. The summed E-state index contributed by atoms with van der Waals surface area (Å²) in [4.78, 5) is 24.0. The number of nitrogens with zero attached hydrogens (tertiary/aromatic N) is 1. The van der Waals surface area contributed by atoms with Crippen molar-refractivity contribution in [3.63, 3.8) is 0 Å². The largest absolute Gasteiger partial charge is 0.468 e. The molecule has 30 heavy (non-hydrogen) atoms. The standard InChI is InChI=1S/C19H14ClF2N3O4S/c1-9(13-12(21)8-7-11(20)15(13)22)28-17-14(16(23)26)18(30-25-17)24-19(27)29-10-5-3-2-4-6-10/h2-9H,1H3,(H2,23,26)(H,24,27). The number of nitrogens with one attached hydrogen (secondary N) is 1. The predicted octanol–water partition coefficient (Wildman–Crippen LogP) is 4.92. The number of anilines is 1. The van der Waals surface area contributed by atoms with Gasteiger partial charge >= 0.3 is 6.09 Å². The van der Waals surface area contributed by atoms with Gasteiger partial charge in [-0.3, -0.25) is 10.1 Å². The van der Waals surface area contributed by atoms with Gasteiger partial charge in [0, 0.05) is 0 Å². The monoisotopic (exact) mass is 453 g/mol. The maximum atomic E-state index is 14.2. The Morgan fingerprint density at radius 3 is 2.57 bits per heavy atom. The molecule has 0 aliphatic carbocycles. The number of benzene rings is 2. The van der Waals surface area contributed by atoms with Crippen LogP contribution in [0.1, 0.15) is 28.9 Å². The highest BCUT2D eigenvalue weighted by molar-refractivity contribution is 7.11. The maximum Gasteiger partial charge on any atom is 0.417 e. The van der Waals surface area contributed by atoms with Crippen LogP contribution in [0.25, 0.3) is 0 Å². The molecule has 3 aromatic rings. The zero-order valence-electron chi connectivity index (χ0n) is 15.3. The van der Waals surface area contributed by atoms with E-state index < -0.39 is 35.3 Å². The summed E-state index contributed by atoms with van der Waals surface area (Å²) >= 11 is 6.39. The number of rotatable bonds is 6. The molecule has 3 rings (SSSR count). The molecule has 0 bridgehead atoms. The molecule has 1 aromatic heterocycles. The van der Waals surface area contributed by atoms with Gasteiger partial charge in [-0.1, -0.05) is 29.8 Å². The van der Waals surface area contributed by atoms with E-state index in [1.54, 1.807) is 30.3 Å². The molecule has 156 valence electrons. The van der Waals surface area contributed by atoms with Crippen LogP contribution in [0.2, 0.25) is 5.02 Å². The van der Waals surface area contributed by atoms with Crippen molar-refractivity contribution in [3.05, 3.63) is 70.2 Å². The number of para-hydroxylation sites is 1. The molecule has 1 heterocycles. The van der Waals surface area contributed by atoms with Crippen LogP contribution < -0.4 is 20.5 Å². The van der Waals surface area contributed by atoms with Gasteiger partial charge < -0.3 is 15.2 Å². The average Bonchev–Trinajstić information content (AvgIpc) is 3.07. The van der Waals surface area contributed by atoms with Gasteiger partial charge in [-0.05, 0) is 42.7 Å². The van der Waals surface area contributed by atoms with Crippen LogP contribution in [-0.2, 0) is 0 Å². The van der Waals surface area contributed by atoms with Crippen molar-refractivity contribution in [1.82, 2.24) is 4.37 Å². The smallest absolute Gasteiger partial charge is 0.417 e. The lowest BCUT2D eigenvalue weighted by molar-refractivity contribution is 0.0994. The summed E-state index contributed by atoms with van der Waals surface area (Å²) in [6.07, 6.45) is -2.09. The Morgan fingerprint density at radius 1 is 1.20 bits per heavy atom. The first-order valence-corrected chi connectivity index (χ1v) is 9.56.